The summed E-state index contributed by atoms with van der Waals surface area (Å²) in [5.41, 5.74) is 0. The second kappa shape index (κ2) is 8.18. The highest BCUT2D eigenvalue weighted by molar-refractivity contribution is 5.82. The van der Waals surface area contributed by atoms with Gasteiger partial charge in [-0.25, -0.2) is 4.79 Å². The summed E-state index contributed by atoms with van der Waals surface area (Å²) in [5, 5.41) is 0. The zero-order chi connectivity index (χ0) is 10.8. The topological polar surface area (TPSA) is 35.5 Å². The first-order chi connectivity index (χ1) is 6.74. The number of carbonyl (C=O) groups excluding carboxylic acids is 1. The van der Waals surface area contributed by atoms with Gasteiger partial charge in [0, 0.05) is 12.8 Å². The lowest BCUT2D eigenvalue weighted by Gasteiger charge is -2.06. The van der Waals surface area contributed by atoms with Crippen LogP contribution in [0.2, 0.25) is 0 Å². The van der Waals surface area contributed by atoms with E-state index in [0.717, 1.165) is 0 Å². The van der Waals surface area contributed by atoms with Crippen LogP contribution in [0.5, 0.6) is 0 Å². The molecule has 0 aliphatic rings. The average molecular weight is 196 g/mol. The van der Waals surface area contributed by atoms with Gasteiger partial charge >= 0.3 is 5.97 Å². The van der Waals surface area contributed by atoms with Crippen LogP contribution in [0.3, 0.4) is 0 Å². The first-order valence-electron chi connectivity index (χ1n) is 4.68. The van der Waals surface area contributed by atoms with E-state index in [-0.39, 0.29) is 5.97 Å². The number of terminal acetylenes is 1. The molecule has 0 aromatic carbocycles. The maximum atomic E-state index is 11.1. The third-order valence-corrected chi connectivity index (χ3v) is 1.41. The first-order valence-corrected chi connectivity index (χ1v) is 4.68. The molecule has 0 amide bonds. The quantitative estimate of drug-likeness (QED) is 0.281. The van der Waals surface area contributed by atoms with Gasteiger partial charge in [-0.3, -0.25) is 0 Å². The number of ether oxygens (including phenoxy) is 2. The van der Waals surface area contributed by atoms with Gasteiger partial charge < -0.3 is 9.47 Å². The van der Waals surface area contributed by atoms with Crippen LogP contribution in [0.15, 0.2) is 11.8 Å². The molecule has 0 heterocycles. The van der Waals surface area contributed by atoms with E-state index in [1.165, 1.54) is 6.08 Å². The fourth-order valence-electron chi connectivity index (χ4n) is 0.882. The Balaban J connectivity index is 4.16. The molecule has 0 bridgehead atoms. The lowest BCUT2D eigenvalue weighted by atomic mass is 10.2. The monoisotopic (exact) mass is 196 g/mol. The van der Waals surface area contributed by atoms with E-state index in [1.54, 1.807) is 6.92 Å². The predicted octanol–water partition coefficient (Wildman–Crippen LogP) is 1.88. The van der Waals surface area contributed by atoms with E-state index < -0.39 is 0 Å². The lowest BCUT2D eigenvalue weighted by molar-refractivity contribution is -0.137. The minimum atomic E-state index is -0.382. The van der Waals surface area contributed by atoms with Gasteiger partial charge in [0.05, 0.1) is 19.3 Å². The largest absolute Gasteiger partial charge is 0.498 e. The SMILES string of the molecule is C#CCC/C(=C/C(=O)OCC)OCC. The fraction of sp³-hybridized carbons (Fsp3) is 0.545. The molecule has 0 N–H and O–H groups in total. The second-order valence-corrected chi connectivity index (χ2v) is 2.50. The van der Waals surface area contributed by atoms with Gasteiger partial charge in [-0.15, -0.1) is 12.3 Å². The Morgan fingerprint density at radius 2 is 2.00 bits per heavy atom. The van der Waals surface area contributed by atoms with Gasteiger partial charge in [-0.05, 0) is 13.8 Å². The predicted molar refractivity (Wildman–Crippen MR) is 54.4 cm³/mol. The van der Waals surface area contributed by atoms with Crippen LogP contribution in [-0.4, -0.2) is 19.2 Å². The van der Waals surface area contributed by atoms with Gasteiger partial charge in [-0.1, -0.05) is 0 Å². The Bertz CT molecular complexity index is 235. The molecule has 0 spiro atoms. The van der Waals surface area contributed by atoms with Crippen LogP contribution in [0.25, 0.3) is 0 Å². The summed E-state index contributed by atoms with van der Waals surface area (Å²) >= 11 is 0. The third kappa shape index (κ3) is 6.13. The number of hydrogen-bond donors (Lipinski definition) is 0. The number of rotatable bonds is 6. The zero-order valence-electron chi connectivity index (χ0n) is 8.71. The molecule has 3 heteroatoms. The lowest BCUT2D eigenvalue weighted by Crippen LogP contribution is -2.03. The van der Waals surface area contributed by atoms with Crippen molar-refractivity contribution in [1.29, 1.82) is 0 Å². The smallest absolute Gasteiger partial charge is 0.334 e. The highest BCUT2D eigenvalue weighted by Crippen LogP contribution is 2.06. The average Bonchev–Trinajstić information content (AvgIpc) is 2.15. The van der Waals surface area contributed by atoms with Crippen LogP contribution in [0.4, 0.5) is 0 Å². The summed E-state index contributed by atoms with van der Waals surface area (Å²) in [6.45, 7) is 4.50. The van der Waals surface area contributed by atoms with E-state index in [9.17, 15) is 4.79 Å². The number of esters is 1. The van der Waals surface area contributed by atoms with Gasteiger partial charge in [-0.2, -0.15) is 0 Å². The van der Waals surface area contributed by atoms with Crippen LogP contribution >= 0.6 is 0 Å². The molecule has 0 atom stereocenters. The minimum absolute atomic E-state index is 0.365. The van der Waals surface area contributed by atoms with Gasteiger partial charge in [0.25, 0.3) is 0 Å². The Morgan fingerprint density at radius 1 is 1.36 bits per heavy atom. The number of allylic oxidation sites excluding steroid dienone is 1. The summed E-state index contributed by atoms with van der Waals surface area (Å²) in [6.07, 6.45) is 7.60. The van der Waals surface area contributed by atoms with Crippen molar-refractivity contribution in [3.63, 3.8) is 0 Å². The van der Waals surface area contributed by atoms with Crippen molar-refractivity contribution >= 4 is 5.97 Å². The molecule has 0 aliphatic carbocycles. The van der Waals surface area contributed by atoms with Gasteiger partial charge in [0.1, 0.15) is 5.76 Å². The molecule has 3 nitrogen and oxygen atoms in total. The highest BCUT2D eigenvalue weighted by Gasteiger charge is 2.02. The van der Waals surface area contributed by atoms with Crippen LogP contribution in [-0.2, 0) is 14.3 Å². The molecule has 0 aromatic heterocycles. The van der Waals surface area contributed by atoms with Crippen LogP contribution in [0.1, 0.15) is 26.7 Å². The second-order valence-electron chi connectivity index (χ2n) is 2.50. The van der Waals surface area contributed by atoms with Crippen molar-refractivity contribution in [2.75, 3.05) is 13.2 Å². The highest BCUT2D eigenvalue weighted by atomic mass is 16.5. The fourth-order valence-corrected chi connectivity index (χ4v) is 0.882. The maximum Gasteiger partial charge on any atom is 0.334 e. The van der Waals surface area contributed by atoms with Gasteiger partial charge in [0.15, 0.2) is 0 Å². The normalized spacial score (nSPS) is 10.5. The van der Waals surface area contributed by atoms with Gasteiger partial charge in [0.2, 0.25) is 0 Å². The maximum absolute atomic E-state index is 11.1. The molecule has 0 aliphatic heterocycles. The summed E-state index contributed by atoms with van der Waals surface area (Å²) < 4.78 is 9.98. The molecule has 78 valence electrons. The third-order valence-electron chi connectivity index (χ3n) is 1.41. The van der Waals surface area contributed by atoms with Crippen LogP contribution in [0, 0.1) is 12.3 Å². The zero-order valence-corrected chi connectivity index (χ0v) is 8.71. The summed E-state index contributed by atoms with van der Waals surface area (Å²) in [7, 11) is 0. The molecule has 0 saturated carbocycles. The molecular formula is C11H16O3. The van der Waals surface area contributed by atoms with Crippen LogP contribution < -0.4 is 0 Å². The molecule has 0 rings (SSSR count). The standard InChI is InChI=1S/C11H16O3/c1-4-7-8-10(13-5-2)9-11(12)14-6-3/h1,9H,5-8H2,2-3H3/b10-9-. The van der Waals surface area contributed by atoms with Crippen molar-refractivity contribution in [2.45, 2.75) is 26.7 Å². The van der Waals surface area contributed by atoms with Crippen molar-refractivity contribution in [3.8, 4) is 12.3 Å². The first kappa shape index (κ1) is 12.6. The van der Waals surface area contributed by atoms with Crippen molar-refractivity contribution in [3.05, 3.63) is 11.8 Å². The molecular weight excluding hydrogens is 180 g/mol. The van der Waals surface area contributed by atoms with E-state index in [2.05, 4.69) is 5.92 Å². The number of carbonyl (C=O) groups is 1. The molecule has 0 radical (unpaired) electrons. The molecule has 0 aromatic rings. The van der Waals surface area contributed by atoms with E-state index >= 15 is 0 Å². The summed E-state index contributed by atoms with van der Waals surface area (Å²) in [5.74, 6) is 2.69. The Hall–Kier alpha value is -1.43. The van der Waals surface area contributed by atoms with E-state index in [4.69, 9.17) is 15.9 Å². The van der Waals surface area contributed by atoms with Crippen molar-refractivity contribution < 1.29 is 14.3 Å². The molecule has 0 unspecified atom stereocenters. The summed E-state index contributed by atoms with van der Waals surface area (Å²) in [4.78, 5) is 11.1. The van der Waals surface area contributed by atoms with E-state index in [1.807, 2.05) is 6.92 Å². The van der Waals surface area contributed by atoms with Crippen molar-refractivity contribution in [2.24, 2.45) is 0 Å². The van der Waals surface area contributed by atoms with Crippen molar-refractivity contribution in [1.82, 2.24) is 0 Å². The molecule has 0 saturated heterocycles. The summed E-state index contributed by atoms with van der Waals surface area (Å²) in [6, 6.07) is 0. The molecule has 0 fully saturated rings. The number of hydrogen-bond acceptors (Lipinski definition) is 3. The Morgan fingerprint density at radius 3 is 2.50 bits per heavy atom. The Kier molecular flexibility index (Phi) is 7.35. The Labute approximate surface area is 85.1 Å². The molecule has 14 heavy (non-hydrogen) atoms. The van der Waals surface area contributed by atoms with E-state index in [0.29, 0.717) is 31.8 Å². The minimum Gasteiger partial charge on any atom is -0.498 e.